The van der Waals surface area contributed by atoms with Gasteiger partial charge < -0.3 is 18.6 Å². The number of halogens is 1. The molecular formula is C16H19FN2O3. The molecule has 6 heteroatoms. The standard InChI is InChI=1S/C16H19FN2O3/c1-18-8-10-19(11-9-18)7-6-14-15(22-16(20)21-14)12-2-4-13(17)5-3-12/h2-5H,6-11H2,1H3. The van der Waals surface area contributed by atoms with Gasteiger partial charge in [-0.2, -0.15) is 0 Å². The maximum absolute atomic E-state index is 13.0. The fraction of sp³-hybridized carbons (Fsp3) is 0.438. The van der Waals surface area contributed by atoms with E-state index in [1.54, 1.807) is 12.1 Å². The van der Waals surface area contributed by atoms with Crippen LogP contribution in [0.1, 0.15) is 5.76 Å². The van der Waals surface area contributed by atoms with Crippen LogP contribution in [0, 0.1) is 5.82 Å². The lowest BCUT2D eigenvalue weighted by molar-refractivity contribution is 0.153. The van der Waals surface area contributed by atoms with Crippen LogP contribution in [0.3, 0.4) is 0 Å². The van der Waals surface area contributed by atoms with Crippen LogP contribution in [0.5, 0.6) is 0 Å². The number of nitrogens with zero attached hydrogens (tertiary/aromatic N) is 2. The largest absolute Gasteiger partial charge is 0.519 e. The van der Waals surface area contributed by atoms with Gasteiger partial charge in [0.2, 0.25) is 0 Å². The molecule has 22 heavy (non-hydrogen) atoms. The smallest absolute Gasteiger partial charge is 0.395 e. The first-order chi connectivity index (χ1) is 10.6. The zero-order chi connectivity index (χ0) is 15.5. The quantitative estimate of drug-likeness (QED) is 0.862. The van der Waals surface area contributed by atoms with Crippen LogP contribution in [0.25, 0.3) is 11.3 Å². The Bertz CT molecular complexity index is 669. The molecule has 0 saturated carbocycles. The average molecular weight is 306 g/mol. The number of rotatable bonds is 4. The van der Waals surface area contributed by atoms with Crippen LogP contribution < -0.4 is 5.82 Å². The second-order valence-corrected chi connectivity index (χ2v) is 5.61. The molecule has 0 unspecified atom stereocenters. The van der Waals surface area contributed by atoms with Crippen LogP contribution in [0.15, 0.2) is 37.9 Å². The molecule has 1 fully saturated rings. The Morgan fingerprint density at radius 3 is 2.45 bits per heavy atom. The number of hydrogen-bond donors (Lipinski definition) is 0. The van der Waals surface area contributed by atoms with E-state index in [2.05, 4.69) is 16.8 Å². The molecular weight excluding hydrogens is 287 g/mol. The molecule has 0 bridgehead atoms. The molecule has 1 saturated heterocycles. The van der Waals surface area contributed by atoms with E-state index in [1.807, 2.05) is 0 Å². The Hall–Kier alpha value is -1.92. The fourth-order valence-electron chi connectivity index (χ4n) is 2.62. The van der Waals surface area contributed by atoms with Crippen molar-refractivity contribution < 1.29 is 13.2 Å². The molecule has 2 aromatic rings. The van der Waals surface area contributed by atoms with E-state index >= 15 is 0 Å². The third-order valence-electron chi connectivity index (χ3n) is 4.00. The Labute approximate surface area is 127 Å². The molecule has 5 nitrogen and oxygen atoms in total. The third kappa shape index (κ3) is 3.45. The molecule has 0 aliphatic carbocycles. The predicted octanol–water partition coefficient (Wildman–Crippen LogP) is 1.83. The molecule has 1 aromatic heterocycles. The highest BCUT2D eigenvalue weighted by molar-refractivity contribution is 5.58. The molecule has 1 aliphatic heterocycles. The maximum Gasteiger partial charge on any atom is 0.519 e. The summed E-state index contributed by atoms with van der Waals surface area (Å²) < 4.78 is 23.3. The topological polar surface area (TPSA) is 49.8 Å². The molecule has 0 radical (unpaired) electrons. The fourth-order valence-corrected chi connectivity index (χ4v) is 2.62. The minimum absolute atomic E-state index is 0.325. The Kier molecular flexibility index (Phi) is 4.40. The molecule has 2 heterocycles. The van der Waals surface area contributed by atoms with Crippen molar-refractivity contribution >= 4 is 0 Å². The lowest BCUT2D eigenvalue weighted by Crippen LogP contribution is -2.45. The van der Waals surface area contributed by atoms with Gasteiger partial charge in [-0.1, -0.05) is 0 Å². The summed E-state index contributed by atoms with van der Waals surface area (Å²) in [6.45, 7) is 4.90. The summed E-state index contributed by atoms with van der Waals surface area (Å²) >= 11 is 0. The summed E-state index contributed by atoms with van der Waals surface area (Å²) in [7, 11) is 2.11. The maximum atomic E-state index is 13.0. The van der Waals surface area contributed by atoms with E-state index in [0.29, 0.717) is 23.5 Å². The number of hydrogen-bond acceptors (Lipinski definition) is 5. The van der Waals surface area contributed by atoms with Crippen LogP contribution in [-0.2, 0) is 6.42 Å². The number of benzene rings is 1. The van der Waals surface area contributed by atoms with Crippen molar-refractivity contribution in [1.82, 2.24) is 9.80 Å². The first-order valence-corrected chi connectivity index (χ1v) is 7.41. The van der Waals surface area contributed by atoms with E-state index in [4.69, 9.17) is 8.83 Å². The van der Waals surface area contributed by atoms with Gasteiger partial charge in [-0.25, -0.2) is 9.18 Å². The molecule has 1 aromatic carbocycles. The summed E-state index contributed by atoms with van der Waals surface area (Å²) in [4.78, 5) is 16.0. The van der Waals surface area contributed by atoms with Gasteiger partial charge in [-0.15, -0.1) is 0 Å². The predicted molar refractivity (Wildman–Crippen MR) is 80.3 cm³/mol. The van der Waals surface area contributed by atoms with Crippen LogP contribution in [-0.4, -0.2) is 49.6 Å². The van der Waals surface area contributed by atoms with E-state index in [-0.39, 0.29) is 5.82 Å². The van der Waals surface area contributed by atoms with Crippen molar-refractivity contribution in [3.8, 4) is 11.3 Å². The van der Waals surface area contributed by atoms with Crippen LogP contribution in [0.4, 0.5) is 4.39 Å². The molecule has 0 N–H and O–H groups in total. The summed E-state index contributed by atoms with van der Waals surface area (Å²) in [5, 5.41) is 0. The second-order valence-electron chi connectivity index (χ2n) is 5.61. The highest BCUT2D eigenvalue weighted by atomic mass is 19.1. The minimum atomic E-state index is -0.715. The van der Waals surface area contributed by atoms with Crippen molar-refractivity contribution in [1.29, 1.82) is 0 Å². The van der Waals surface area contributed by atoms with Gasteiger partial charge >= 0.3 is 5.82 Å². The van der Waals surface area contributed by atoms with Crippen molar-refractivity contribution in [2.24, 2.45) is 0 Å². The van der Waals surface area contributed by atoms with E-state index in [0.717, 1.165) is 32.7 Å². The minimum Gasteiger partial charge on any atom is -0.395 e. The summed E-state index contributed by atoms with van der Waals surface area (Å²) in [5.41, 5.74) is 0.653. The Morgan fingerprint density at radius 2 is 1.77 bits per heavy atom. The van der Waals surface area contributed by atoms with Gasteiger partial charge in [0, 0.05) is 44.7 Å². The van der Waals surface area contributed by atoms with E-state index < -0.39 is 5.82 Å². The summed E-state index contributed by atoms with van der Waals surface area (Å²) in [6.07, 6.45) is 0.599. The second kappa shape index (κ2) is 6.46. The van der Waals surface area contributed by atoms with Crippen molar-refractivity contribution in [2.45, 2.75) is 6.42 Å². The van der Waals surface area contributed by atoms with Gasteiger partial charge in [-0.05, 0) is 31.3 Å². The van der Waals surface area contributed by atoms with Crippen LogP contribution >= 0.6 is 0 Å². The molecule has 118 valence electrons. The highest BCUT2D eigenvalue weighted by Gasteiger charge is 2.18. The highest BCUT2D eigenvalue weighted by Crippen LogP contribution is 2.23. The van der Waals surface area contributed by atoms with Gasteiger partial charge in [0.05, 0.1) is 0 Å². The SMILES string of the molecule is CN1CCN(CCc2oc(=O)oc2-c2ccc(F)cc2)CC1. The molecule has 0 amide bonds. The van der Waals surface area contributed by atoms with Crippen molar-refractivity contribution in [3.05, 3.63) is 46.5 Å². The average Bonchev–Trinajstić information content (AvgIpc) is 2.88. The summed E-state index contributed by atoms with van der Waals surface area (Å²) in [6, 6.07) is 5.85. The lowest BCUT2D eigenvalue weighted by atomic mass is 10.1. The summed E-state index contributed by atoms with van der Waals surface area (Å²) in [5.74, 6) is -0.115. The van der Waals surface area contributed by atoms with Gasteiger partial charge in [0.25, 0.3) is 0 Å². The zero-order valence-corrected chi connectivity index (χ0v) is 12.5. The Morgan fingerprint density at radius 1 is 1.09 bits per heavy atom. The normalized spacial score (nSPS) is 17.0. The van der Waals surface area contributed by atoms with Gasteiger partial charge in [-0.3, -0.25) is 0 Å². The number of likely N-dealkylation sites (N-methyl/N-ethyl adjacent to an activating group) is 1. The zero-order valence-electron chi connectivity index (χ0n) is 12.5. The van der Waals surface area contributed by atoms with Gasteiger partial charge in [0.1, 0.15) is 5.82 Å². The third-order valence-corrected chi connectivity index (χ3v) is 4.00. The van der Waals surface area contributed by atoms with Crippen molar-refractivity contribution in [3.63, 3.8) is 0 Å². The lowest BCUT2D eigenvalue weighted by Gasteiger charge is -2.32. The van der Waals surface area contributed by atoms with Gasteiger partial charge in [0.15, 0.2) is 11.5 Å². The first-order valence-electron chi connectivity index (χ1n) is 7.41. The molecule has 1 aliphatic rings. The van der Waals surface area contributed by atoms with E-state index in [1.165, 1.54) is 12.1 Å². The molecule has 0 atom stereocenters. The first kappa shape index (κ1) is 15.0. The monoisotopic (exact) mass is 306 g/mol. The molecule has 3 rings (SSSR count). The number of piperazine rings is 1. The van der Waals surface area contributed by atoms with Crippen molar-refractivity contribution in [2.75, 3.05) is 39.8 Å². The molecule has 0 spiro atoms. The van der Waals surface area contributed by atoms with E-state index in [9.17, 15) is 9.18 Å². The Balaban J connectivity index is 1.71. The van der Waals surface area contributed by atoms with Crippen LogP contribution in [0.2, 0.25) is 0 Å².